The van der Waals surface area contributed by atoms with Crippen molar-refractivity contribution in [2.24, 2.45) is 5.41 Å². The molecule has 1 rings (SSSR count). The Kier molecular flexibility index (Phi) is 7.53. The zero-order valence-corrected chi connectivity index (χ0v) is 15.4. The number of nitrogens with one attached hydrogen (secondary N) is 2. The molecule has 0 heterocycles. The molecule has 0 aliphatic rings. The predicted octanol–water partition coefficient (Wildman–Crippen LogP) is 0.842. The van der Waals surface area contributed by atoms with Crippen LogP contribution in [0.5, 0.6) is 0 Å². The number of benzene rings is 1. The Morgan fingerprint density at radius 1 is 1.24 bits per heavy atom. The first kappa shape index (κ1) is 21.1. The zero-order chi connectivity index (χ0) is 19.1. The van der Waals surface area contributed by atoms with Gasteiger partial charge in [0.1, 0.15) is 0 Å². The van der Waals surface area contributed by atoms with Crippen molar-refractivity contribution in [3.05, 3.63) is 29.8 Å². The molecule has 0 bridgehead atoms. The number of aliphatic carboxylic acids is 1. The Hall–Kier alpha value is -1.97. The zero-order valence-electron chi connectivity index (χ0n) is 14.5. The lowest BCUT2D eigenvalue weighted by molar-refractivity contribution is -0.147. The lowest BCUT2D eigenvalue weighted by atomic mass is 9.90. The highest BCUT2D eigenvalue weighted by atomic mass is 32.2. The molecule has 0 unspecified atom stereocenters. The molecule has 0 aliphatic carbocycles. The van der Waals surface area contributed by atoms with Gasteiger partial charge in [-0.2, -0.15) is 0 Å². The first-order valence-electron chi connectivity index (χ1n) is 7.70. The summed E-state index contributed by atoms with van der Waals surface area (Å²) in [7, 11) is -2.27. The smallest absolute Gasteiger partial charge is 0.309 e. The molecule has 0 atom stereocenters. The summed E-state index contributed by atoms with van der Waals surface area (Å²) in [5.41, 5.74) is -0.772. The fourth-order valence-electron chi connectivity index (χ4n) is 1.86. The van der Waals surface area contributed by atoms with Crippen LogP contribution < -0.4 is 10.0 Å². The summed E-state index contributed by atoms with van der Waals surface area (Å²) in [5, 5.41) is 11.6. The van der Waals surface area contributed by atoms with E-state index in [0.29, 0.717) is 0 Å². The fraction of sp³-hybridized carbons (Fsp3) is 0.500. The highest BCUT2D eigenvalue weighted by molar-refractivity contribution is 7.89. The number of carbonyl (C=O) groups excluding carboxylic acids is 1. The maximum atomic E-state index is 12.1. The first-order chi connectivity index (χ1) is 11.6. The average Bonchev–Trinajstić information content (AvgIpc) is 2.54. The minimum absolute atomic E-state index is 0.0258. The van der Waals surface area contributed by atoms with Crippen molar-refractivity contribution in [2.45, 2.75) is 25.2 Å². The second-order valence-corrected chi connectivity index (χ2v) is 7.88. The quantitative estimate of drug-likeness (QED) is 0.523. The summed E-state index contributed by atoms with van der Waals surface area (Å²) in [6, 6.07) is 5.62. The van der Waals surface area contributed by atoms with Crippen molar-refractivity contribution in [1.29, 1.82) is 0 Å². The monoisotopic (exact) mass is 372 g/mol. The maximum absolute atomic E-state index is 12.1. The minimum atomic E-state index is -3.73. The van der Waals surface area contributed by atoms with E-state index in [1.807, 2.05) is 0 Å². The van der Waals surface area contributed by atoms with Gasteiger partial charge in [0.2, 0.25) is 10.0 Å². The fourth-order valence-corrected chi connectivity index (χ4v) is 2.92. The van der Waals surface area contributed by atoms with Crippen molar-refractivity contribution in [3.8, 4) is 0 Å². The topological polar surface area (TPSA) is 122 Å². The van der Waals surface area contributed by atoms with Gasteiger partial charge in [0, 0.05) is 25.8 Å². The molecule has 8 nitrogen and oxygen atoms in total. The van der Waals surface area contributed by atoms with Gasteiger partial charge in [0.25, 0.3) is 5.91 Å². The third kappa shape index (κ3) is 6.45. The number of carboxylic acids is 1. The molecule has 0 radical (unpaired) electrons. The average molecular weight is 372 g/mol. The van der Waals surface area contributed by atoms with Crippen LogP contribution in [0, 0.1) is 5.41 Å². The standard InChI is InChI=1S/C16H24N2O6S/c1-16(2,15(20)21)7-8-17-14(19)12-5-4-6-13(11-12)25(22,23)18-9-10-24-3/h4-6,11,18H,7-10H2,1-3H3,(H,17,19)(H,20,21). The van der Waals surface area contributed by atoms with E-state index in [0.717, 1.165) is 0 Å². The van der Waals surface area contributed by atoms with Gasteiger partial charge in [-0.15, -0.1) is 0 Å². The SMILES string of the molecule is COCCNS(=O)(=O)c1cccc(C(=O)NCCC(C)(C)C(=O)O)c1. The molecule has 0 aliphatic heterocycles. The van der Waals surface area contributed by atoms with Gasteiger partial charge < -0.3 is 15.2 Å². The van der Waals surface area contributed by atoms with Crippen molar-refractivity contribution in [2.75, 3.05) is 26.8 Å². The van der Waals surface area contributed by atoms with E-state index in [1.165, 1.54) is 31.4 Å². The first-order valence-corrected chi connectivity index (χ1v) is 9.19. The van der Waals surface area contributed by atoms with Crippen LogP contribution in [0.15, 0.2) is 29.2 Å². The number of ether oxygens (including phenoxy) is 1. The van der Waals surface area contributed by atoms with Gasteiger partial charge in [-0.05, 0) is 38.5 Å². The Morgan fingerprint density at radius 3 is 2.52 bits per heavy atom. The van der Waals surface area contributed by atoms with Gasteiger partial charge in [0.15, 0.2) is 0 Å². The number of carboxylic acid groups (broad SMARTS) is 1. The van der Waals surface area contributed by atoms with Gasteiger partial charge in [-0.25, -0.2) is 13.1 Å². The normalized spacial score (nSPS) is 12.0. The largest absolute Gasteiger partial charge is 0.481 e. The predicted molar refractivity (Wildman–Crippen MR) is 91.9 cm³/mol. The molecule has 1 amide bonds. The third-order valence-corrected chi connectivity index (χ3v) is 5.08. The van der Waals surface area contributed by atoms with E-state index in [2.05, 4.69) is 10.0 Å². The molecule has 9 heteroatoms. The van der Waals surface area contributed by atoms with Crippen LogP contribution in [0.3, 0.4) is 0 Å². The Labute approximate surface area is 147 Å². The Morgan fingerprint density at radius 2 is 1.92 bits per heavy atom. The molecule has 140 valence electrons. The Bertz CT molecular complexity index is 715. The molecule has 1 aromatic rings. The van der Waals surface area contributed by atoms with E-state index in [4.69, 9.17) is 9.84 Å². The number of carbonyl (C=O) groups is 2. The van der Waals surface area contributed by atoms with E-state index >= 15 is 0 Å². The van der Waals surface area contributed by atoms with Crippen LogP contribution in [0.1, 0.15) is 30.6 Å². The molecule has 0 saturated carbocycles. The summed E-state index contributed by atoms with van der Waals surface area (Å²) in [6.07, 6.45) is 0.255. The summed E-state index contributed by atoms with van der Waals surface area (Å²) >= 11 is 0. The van der Waals surface area contributed by atoms with Crippen molar-refractivity contribution < 1.29 is 27.9 Å². The molecule has 3 N–H and O–H groups in total. The van der Waals surface area contributed by atoms with Crippen molar-refractivity contribution in [1.82, 2.24) is 10.0 Å². The molecule has 0 aromatic heterocycles. The number of sulfonamides is 1. The van der Waals surface area contributed by atoms with E-state index < -0.39 is 27.3 Å². The van der Waals surface area contributed by atoms with E-state index in [1.54, 1.807) is 13.8 Å². The van der Waals surface area contributed by atoms with Crippen molar-refractivity contribution in [3.63, 3.8) is 0 Å². The van der Waals surface area contributed by atoms with Crippen LogP contribution in [-0.2, 0) is 19.6 Å². The summed E-state index contributed by atoms with van der Waals surface area (Å²) in [6.45, 7) is 3.67. The molecule has 0 saturated heterocycles. The summed E-state index contributed by atoms with van der Waals surface area (Å²) < 4.78 is 31.4. The van der Waals surface area contributed by atoms with Gasteiger partial charge in [0.05, 0.1) is 16.9 Å². The second kappa shape index (κ2) is 8.93. The van der Waals surface area contributed by atoms with E-state index in [9.17, 15) is 18.0 Å². The van der Waals surface area contributed by atoms with Gasteiger partial charge in [-0.3, -0.25) is 9.59 Å². The molecule has 0 spiro atoms. The summed E-state index contributed by atoms with van der Waals surface area (Å²) in [5.74, 6) is -1.41. The molecular formula is C16H24N2O6S. The molecule has 1 aromatic carbocycles. The van der Waals surface area contributed by atoms with Gasteiger partial charge >= 0.3 is 5.97 Å². The highest BCUT2D eigenvalue weighted by Gasteiger charge is 2.26. The highest BCUT2D eigenvalue weighted by Crippen LogP contribution is 2.19. The molecular weight excluding hydrogens is 348 g/mol. The number of hydrogen-bond donors (Lipinski definition) is 3. The van der Waals surface area contributed by atoms with Crippen LogP contribution in [0.2, 0.25) is 0 Å². The van der Waals surface area contributed by atoms with Crippen LogP contribution in [0.4, 0.5) is 0 Å². The lowest BCUT2D eigenvalue weighted by Crippen LogP contribution is -2.32. The number of methoxy groups -OCH3 is 1. The molecule has 0 fully saturated rings. The van der Waals surface area contributed by atoms with E-state index in [-0.39, 0.29) is 36.6 Å². The number of rotatable bonds is 10. The second-order valence-electron chi connectivity index (χ2n) is 6.11. The lowest BCUT2D eigenvalue weighted by Gasteiger charge is -2.18. The van der Waals surface area contributed by atoms with Crippen molar-refractivity contribution >= 4 is 21.9 Å². The Balaban J connectivity index is 2.74. The van der Waals surface area contributed by atoms with Gasteiger partial charge in [-0.1, -0.05) is 6.07 Å². The minimum Gasteiger partial charge on any atom is -0.481 e. The number of hydrogen-bond acceptors (Lipinski definition) is 5. The van der Waals surface area contributed by atoms with Crippen LogP contribution >= 0.6 is 0 Å². The maximum Gasteiger partial charge on any atom is 0.309 e. The third-order valence-electron chi connectivity index (χ3n) is 3.62. The van der Waals surface area contributed by atoms with Crippen LogP contribution in [-0.4, -0.2) is 52.2 Å². The molecule has 25 heavy (non-hydrogen) atoms. The summed E-state index contributed by atoms with van der Waals surface area (Å²) in [4.78, 5) is 23.2. The van der Waals surface area contributed by atoms with Crippen LogP contribution in [0.25, 0.3) is 0 Å². The number of amides is 1.